The van der Waals surface area contributed by atoms with Crippen LogP contribution in [0.1, 0.15) is 37.7 Å². The van der Waals surface area contributed by atoms with Gasteiger partial charge in [-0.3, -0.25) is 9.59 Å². The van der Waals surface area contributed by atoms with E-state index in [2.05, 4.69) is 5.32 Å². The Morgan fingerprint density at radius 3 is 2.78 bits per heavy atom. The first-order chi connectivity index (χ1) is 11.1. The van der Waals surface area contributed by atoms with E-state index in [1.54, 1.807) is 18.2 Å². The molecule has 1 N–H and O–H groups in total. The van der Waals surface area contributed by atoms with Crippen LogP contribution >= 0.6 is 23.2 Å². The second kappa shape index (κ2) is 9.14. The number of halogens is 2. The molecule has 1 aromatic carbocycles. The fourth-order valence-electron chi connectivity index (χ4n) is 2.67. The number of nitrogens with zero attached hydrogens (tertiary/aromatic N) is 1. The Balaban J connectivity index is 1.68. The van der Waals surface area contributed by atoms with Gasteiger partial charge in [-0.1, -0.05) is 35.7 Å². The normalized spacial score (nSPS) is 15.4. The highest BCUT2D eigenvalue weighted by molar-refractivity contribution is 6.42. The first-order valence-electron chi connectivity index (χ1n) is 8.04. The number of hydrogen-bond donors (Lipinski definition) is 1. The van der Waals surface area contributed by atoms with Crippen LogP contribution in [-0.4, -0.2) is 36.3 Å². The van der Waals surface area contributed by atoms with Crippen molar-refractivity contribution in [1.82, 2.24) is 10.2 Å². The molecule has 1 fully saturated rings. The smallest absolute Gasteiger partial charge is 0.224 e. The summed E-state index contributed by atoms with van der Waals surface area (Å²) in [6, 6.07) is 5.19. The molecule has 2 amide bonds. The largest absolute Gasteiger partial charge is 0.356 e. The standard InChI is InChI=1S/C17H22Cl2N2O2/c18-14-7-6-13(11-15(14)19)12-16(22)20-8-4-10-21-9-3-1-2-5-17(21)23/h6-7,11H,1-5,8-10,12H2,(H,20,22). The van der Waals surface area contributed by atoms with Crippen molar-refractivity contribution in [3.63, 3.8) is 0 Å². The first kappa shape index (κ1) is 18.1. The van der Waals surface area contributed by atoms with E-state index in [9.17, 15) is 9.59 Å². The lowest BCUT2D eigenvalue weighted by Gasteiger charge is -2.20. The number of likely N-dealkylation sites (tertiary alicyclic amines) is 1. The third-order valence-corrected chi connectivity index (χ3v) is 4.69. The van der Waals surface area contributed by atoms with Crippen molar-refractivity contribution >= 4 is 35.0 Å². The molecule has 1 aromatic rings. The number of hydrogen-bond acceptors (Lipinski definition) is 2. The van der Waals surface area contributed by atoms with Crippen molar-refractivity contribution in [1.29, 1.82) is 0 Å². The zero-order chi connectivity index (χ0) is 16.7. The second-order valence-corrected chi connectivity index (χ2v) is 6.63. The van der Waals surface area contributed by atoms with Crippen molar-refractivity contribution in [2.45, 2.75) is 38.5 Å². The number of carbonyl (C=O) groups excluding carboxylic acids is 2. The van der Waals surface area contributed by atoms with Crippen LogP contribution in [0, 0.1) is 0 Å². The minimum Gasteiger partial charge on any atom is -0.356 e. The molecule has 23 heavy (non-hydrogen) atoms. The fraction of sp³-hybridized carbons (Fsp3) is 0.529. The molecule has 0 bridgehead atoms. The van der Waals surface area contributed by atoms with Gasteiger partial charge in [-0.25, -0.2) is 0 Å². The Labute approximate surface area is 147 Å². The zero-order valence-electron chi connectivity index (χ0n) is 13.1. The molecule has 0 unspecified atom stereocenters. The van der Waals surface area contributed by atoms with Crippen LogP contribution in [0.4, 0.5) is 0 Å². The van der Waals surface area contributed by atoms with Crippen molar-refractivity contribution in [3.05, 3.63) is 33.8 Å². The third-order valence-electron chi connectivity index (χ3n) is 3.95. The molecular formula is C17H22Cl2N2O2. The minimum atomic E-state index is -0.0504. The van der Waals surface area contributed by atoms with Gasteiger partial charge in [0.2, 0.25) is 11.8 Å². The van der Waals surface area contributed by atoms with E-state index in [1.165, 1.54) is 0 Å². The monoisotopic (exact) mass is 356 g/mol. The van der Waals surface area contributed by atoms with Crippen molar-refractivity contribution in [3.8, 4) is 0 Å². The lowest BCUT2D eigenvalue weighted by molar-refractivity contribution is -0.130. The predicted octanol–water partition coefficient (Wildman–Crippen LogP) is 3.44. The highest BCUT2D eigenvalue weighted by Gasteiger charge is 2.15. The van der Waals surface area contributed by atoms with Crippen LogP contribution in [0.5, 0.6) is 0 Å². The molecule has 0 radical (unpaired) electrons. The highest BCUT2D eigenvalue weighted by Crippen LogP contribution is 2.22. The molecule has 6 heteroatoms. The Kier molecular flexibility index (Phi) is 7.18. The fourth-order valence-corrected chi connectivity index (χ4v) is 2.99. The minimum absolute atomic E-state index is 0.0504. The van der Waals surface area contributed by atoms with Crippen molar-refractivity contribution < 1.29 is 9.59 Å². The average molecular weight is 357 g/mol. The van der Waals surface area contributed by atoms with E-state index < -0.39 is 0 Å². The van der Waals surface area contributed by atoms with Gasteiger partial charge in [0.15, 0.2) is 0 Å². The Hall–Kier alpha value is -1.26. The van der Waals surface area contributed by atoms with Crippen molar-refractivity contribution in [2.75, 3.05) is 19.6 Å². The summed E-state index contributed by atoms with van der Waals surface area (Å²) < 4.78 is 0. The summed E-state index contributed by atoms with van der Waals surface area (Å²) in [4.78, 5) is 25.7. The lowest BCUT2D eigenvalue weighted by Crippen LogP contribution is -2.34. The molecule has 0 aliphatic carbocycles. The molecule has 126 valence electrons. The van der Waals surface area contributed by atoms with Gasteiger partial charge in [0.25, 0.3) is 0 Å². The maximum atomic E-state index is 11.9. The summed E-state index contributed by atoms with van der Waals surface area (Å²) >= 11 is 11.8. The molecule has 2 rings (SSSR count). The topological polar surface area (TPSA) is 49.4 Å². The van der Waals surface area contributed by atoms with Gasteiger partial charge in [0.1, 0.15) is 0 Å². The average Bonchev–Trinajstić information content (AvgIpc) is 2.72. The van der Waals surface area contributed by atoms with Gasteiger partial charge in [-0.05, 0) is 37.0 Å². The summed E-state index contributed by atoms with van der Waals surface area (Å²) in [6.45, 7) is 2.13. The van der Waals surface area contributed by atoms with Crippen LogP contribution < -0.4 is 5.32 Å². The molecular weight excluding hydrogens is 335 g/mol. The Morgan fingerprint density at radius 1 is 1.17 bits per heavy atom. The van der Waals surface area contributed by atoms with Gasteiger partial charge in [0.05, 0.1) is 16.5 Å². The molecule has 0 saturated carbocycles. The summed E-state index contributed by atoms with van der Waals surface area (Å²) in [6.07, 6.45) is 4.91. The van der Waals surface area contributed by atoms with Crippen LogP contribution in [0.2, 0.25) is 10.0 Å². The number of nitrogens with one attached hydrogen (secondary N) is 1. The molecule has 0 atom stereocenters. The summed E-state index contributed by atoms with van der Waals surface area (Å²) in [5.41, 5.74) is 0.833. The SMILES string of the molecule is O=C(Cc1ccc(Cl)c(Cl)c1)NCCCN1CCCCCC1=O. The van der Waals surface area contributed by atoms with Gasteiger partial charge < -0.3 is 10.2 Å². The Morgan fingerprint density at radius 2 is 2.00 bits per heavy atom. The van der Waals surface area contributed by atoms with E-state index in [4.69, 9.17) is 23.2 Å². The van der Waals surface area contributed by atoms with Crippen LogP contribution in [0.3, 0.4) is 0 Å². The van der Waals surface area contributed by atoms with Crippen LogP contribution in [0.15, 0.2) is 18.2 Å². The van der Waals surface area contributed by atoms with E-state index >= 15 is 0 Å². The van der Waals surface area contributed by atoms with Gasteiger partial charge >= 0.3 is 0 Å². The van der Waals surface area contributed by atoms with Gasteiger partial charge in [0, 0.05) is 26.1 Å². The summed E-state index contributed by atoms with van der Waals surface area (Å²) in [7, 11) is 0. The predicted molar refractivity (Wildman–Crippen MR) is 92.8 cm³/mol. The maximum absolute atomic E-state index is 11.9. The number of rotatable bonds is 6. The molecule has 0 aromatic heterocycles. The second-order valence-electron chi connectivity index (χ2n) is 5.82. The molecule has 4 nitrogen and oxygen atoms in total. The lowest BCUT2D eigenvalue weighted by atomic mass is 10.1. The Bertz CT molecular complexity index is 564. The quantitative estimate of drug-likeness (QED) is 0.793. The molecule has 1 saturated heterocycles. The third kappa shape index (κ3) is 6.04. The zero-order valence-corrected chi connectivity index (χ0v) is 14.6. The molecule has 1 heterocycles. The molecule has 0 spiro atoms. The van der Waals surface area contributed by atoms with E-state index in [0.717, 1.165) is 37.8 Å². The molecule has 1 aliphatic rings. The summed E-state index contributed by atoms with van der Waals surface area (Å²) in [5.74, 6) is 0.190. The van der Waals surface area contributed by atoms with Crippen LogP contribution in [0.25, 0.3) is 0 Å². The highest BCUT2D eigenvalue weighted by atomic mass is 35.5. The number of benzene rings is 1. The van der Waals surface area contributed by atoms with Gasteiger partial charge in [-0.2, -0.15) is 0 Å². The first-order valence-corrected chi connectivity index (χ1v) is 8.80. The van der Waals surface area contributed by atoms with Crippen molar-refractivity contribution in [2.24, 2.45) is 0 Å². The summed E-state index contributed by atoms with van der Waals surface area (Å²) in [5, 5.41) is 3.82. The van der Waals surface area contributed by atoms with Gasteiger partial charge in [-0.15, -0.1) is 0 Å². The maximum Gasteiger partial charge on any atom is 0.224 e. The van der Waals surface area contributed by atoms with Crippen LogP contribution in [-0.2, 0) is 16.0 Å². The van der Waals surface area contributed by atoms with E-state index in [0.29, 0.717) is 29.6 Å². The number of amides is 2. The molecule has 1 aliphatic heterocycles. The van der Waals surface area contributed by atoms with E-state index in [-0.39, 0.29) is 18.2 Å². The number of carbonyl (C=O) groups is 2. The van der Waals surface area contributed by atoms with E-state index in [1.807, 2.05) is 4.90 Å².